The normalized spacial score (nSPS) is 18.9. The van der Waals surface area contributed by atoms with Crippen molar-refractivity contribution in [2.75, 3.05) is 13.1 Å². The molecule has 3 heterocycles. The van der Waals surface area contributed by atoms with Crippen LogP contribution in [0.25, 0.3) is 5.69 Å². The minimum absolute atomic E-state index is 0.142. The molecule has 8 heteroatoms. The number of nitrogens with zero attached hydrogens (tertiary/aromatic N) is 5. The van der Waals surface area contributed by atoms with E-state index in [2.05, 4.69) is 10.2 Å². The summed E-state index contributed by atoms with van der Waals surface area (Å²) in [6, 6.07) is 10.7. The Balaban J connectivity index is 1.55. The van der Waals surface area contributed by atoms with Crippen molar-refractivity contribution in [2.45, 2.75) is 23.7 Å². The van der Waals surface area contributed by atoms with E-state index in [0.717, 1.165) is 24.2 Å². The van der Waals surface area contributed by atoms with E-state index < -0.39 is 10.0 Å². The molecule has 0 saturated carbocycles. The summed E-state index contributed by atoms with van der Waals surface area (Å²) < 4.78 is 31.1. The van der Waals surface area contributed by atoms with E-state index in [-0.39, 0.29) is 5.92 Å². The van der Waals surface area contributed by atoms with Crippen LogP contribution in [0, 0.1) is 0 Å². The van der Waals surface area contributed by atoms with Crippen molar-refractivity contribution in [3.8, 4) is 5.69 Å². The van der Waals surface area contributed by atoms with Crippen LogP contribution in [0.5, 0.6) is 0 Å². The highest BCUT2D eigenvalue weighted by molar-refractivity contribution is 7.89. The molecule has 2 aromatic heterocycles. The van der Waals surface area contributed by atoms with Crippen molar-refractivity contribution < 1.29 is 8.42 Å². The lowest BCUT2D eigenvalue weighted by atomic mass is 9.96. The second-order valence-corrected chi connectivity index (χ2v) is 8.50. The zero-order valence-corrected chi connectivity index (χ0v) is 15.4. The fourth-order valence-corrected chi connectivity index (χ4v) is 4.92. The SMILES string of the molecule is Cn1ccc([C@H]2CCCN(S(=O)(=O)c3ccc(-n4cccn4)cc3)C2)n1. The molecule has 1 aliphatic heterocycles. The standard InChI is InChI=1S/C18H21N5O2S/c1-21-13-9-18(20-21)15-4-2-11-22(14-15)26(24,25)17-7-5-16(6-8-17)23-12-3-10-19-23/h3,5-10,12-13,15H,2,4,11,14H2,1H3/t15-/m0/s1. The summed E-state index contributed by atoms with van der Waals surface area (Å²) in [5.74, 6) is 0.142. The Bertz CT molecular complexity index is 977. The molecule has 0 spiro atoms. The van der Waals surface area contributed by atoms with Crippen molar-refractivity contribution >= 4 is 10.0 Å². The number of hydrogen-bond acceptors (Lipinski definition) is 4. The smallest absolute Gasteiger partial charge is 0.243 e. The molecular weight excluding hydrogens is 350 g/mol. The van der Waals surface area contributed by atoms with Gasteiger partial charge in [-0.2, -0.15) is 14.5 Å². The van der Waals surface area contributed by atoms with E-state index >= 15 is 0 Å². The molecular formula is C18H21N5O2S. The molecule has 0 aliphatic carbocycles. The predicted molar refractivity (Wildman–Crippen MR) is 97.5 cm³/mol. The van der Waals surface area contributed by atoms with Crippen molar-refractivity contribution in [1.82, 2.24) is 23.9 Å². The molecule has 0 bridgehead atoms. The summed E-state index contributed by atoms with van der Waals surface area (Å²) in [7, 11) is -1.64. The van der Waals surface area contributed by atoms with Crippen molar-refractivity contribution in [3.63, 3.8) is 0 Å². The molecule has 7 nitrogen and oxygen atoms in total. The third kappa shape index (κ3) is 3.17. The Labute approximate surface area is 152 Å². The minimum Gasteiger partial charge on any atom is -0.276 e. The van der Waals surface area contributed by atoms with Gasteiger partial charge in [0.15, 0.2) is 0 Å². The van der Waals surface area contributed by atoms with Crippen LogP contribution in [-0.2, 0) is 17.1 Å². The Hall–Kier alpha value is -2.45. The largest absolute Gasteiger partial charge is 0.276 e. The van der Waals surface area contributed by atoms with Crippen LogP contribution >= 0.6 is 0 Å². The summed E-state index contributed by atoms with van der Waals surface area (Å²) >= 11 is 0. The second-order valence-electron chi connectivity index (χ2n) is 6.56. The topological polar surface area (TPSA) is 73.0 Å². The molecule has 0 unspecified atom stereocenters. The Kier molecular flexibility index (Phi) is 4.37. The third-order valence-corrected chi connectivity index (χ3v) is 6.66. The number of aryl methyl sites for hydroxylation is 1. The second kappa shape index (κ2) is 6.69. The van der Waals surface area contributed by atoms with Crippen LogP contribution in [0.4, 0.5) is 0 Å². The van der Waals surface area contributed by atoms with Gasteiger partial charge in [-0.15, -0.1) is 0 Å². The summed E-state index contributed by atoms with van der Waals surface area (Å²) in [5, 5.41) is 8.61. The van der Waals surface area contributed by atoms with Gasteiger partial charge in [0.05, 0.1) is 16.3 Å². The molecule has 1 fully saturated rings. The average Bonchev–Trinajstić information content (AvgIpc) is 3.34. The van der Waals surface area contributed by atoms with Gasteiger partial charge in [0.1, 0.15) is 0 Å². The van der Waals surface area contributed by atoms with Crippen molar-refractivity contribution in [3.05, 3.63) is 60.7 Å². The van der Waals surface area contributed by atoms with Crippen molar-refractivity contribution in [2.24, 2.45) is 7.05 Å². The molecule has 0 N–H and O–H groups in total. The fraction of sp³-hybridized carbons (Fsp3) is 0.333. The molecule has 1 aliphatic rings. The van der Waals surface area contributed by atoms with Gasteiger partial charge in [-0.1, -0.05) is 0 Å². The van der Waals surface area contributed by atoms with Crippen LogP contribution in [-0.4, -0.2) is 45.4 Å². The number of hydrogen-bond donors (Lipinski definition) is 0. The lowest BCUT2D eigenvalue weighted by molar-refractivity contribution is 0.312. The molecule has 0 radical (unpaired) electrons. The summed E-state index contributed by atoms with van der Waals surface area (Å²) in [6.07, 6.45) is 7.21. The molecule has 1 aromatic carbocycles. The average molecular weight is 371 g/mol. The number of piperidine rings is 1. The Morgan fingerprint density at radius 1 is 1.12 bits per heavy atom. The number of benzene rings is 1. The van der Waals surface area contributed by atoms with Gasteiger partial charge in [-0.05, 0) is 49.2 Å². The number of aromatic nitrogens is 4. The molecule has 1 atom stereocenters. The van der Waals surface area contributed by atoms with Crippen LogP contribution in [0.2, 0.25) is 0 Å². The van der Waals surface area contributed by atoms with Crippen LogP contribution in [0.3, 0.4) is 0 Å². The Morgan fingerprint density at radius 2 is 1.92 bits per heavy atom. The molecule has 26 heavy (non-hydrogen) atoms. The molecule has 3 aromatic rings. The van der Waals surface area contributed by atoms with E-state index in [9.17, 15) is 8.42 Å². The summed E-state index contributed by atoms with van der Waals surface area (Å²) in [4.78, 5) is 0.315. The molecule has 136 valence electrons. The van der Waals surface area contributed by atoms with Gasteiger partial charge < -0.3 is 0 Å². The highest BCUT2D eigenvalue weighted by Crippen LogP contribution is 2.29. The minimum atomic E-state index is -3.51. The number of sulfonamides is 1. The summed E-state index contributed by atoms with van der Waals surface area (Å²) in [6.45, 7) is 1.02. The molecule has 4 rings (SSSR count). The van der Waals surface area contributed by atoms with E-state index in [4.69, 9.17) is 0 Å². The van der Waals surface area contributed by atoms with Crippen LogP contribution in [0.15, 0.2) is 59.9 Å². The van der Waals surface area contributed by atoms with Crippen LogP contribution < -0.4 is 0 Å². The number of rotatable bonds is 4. The monoisotopic (exact) mass is 371 g/mol. The first-order chi connectivity index (χ1) is 12.5. The quantitative estimate of drug-likeness (QED) is 0.705. The van der Waals surface area contributed by atoms with Crippen LogP contribution in [0.1, 0.15) is 24.5 Å². The van der Waals surface area contributed by atoms with Gasteiger partial charge in [0.2, 0.25) is 10.0 Å². The first-order valence-electron chi connectivity index (χ1n) is 8.64. The maximum absolute atomic E-state index is 13.0. The lowest BCUT2D eigenvalue weighted by Gasteiger charge is -2.31. The van der Waals surface area contributed by atoms with Gasteiger partial charge in [0, 0.05) is 44.6 Å². The van der Waals surface area contributed by atoms with Gasteiger partial charge in [-0.3, -0.25) is 4.68 Å². The lowest BCUT2D eigenvalue weighted by Crippen LogP contribution is -2.39. The van der Waals surface area contributed by atoms with E-state index in [0.29, 0.717) is 18.0 Å². The first-order valence-corrected chi connectivity index (χ1v) is 10.1. The molecule has 1 saturated heterocycles. The highest BCUT2D eigenvalue weighted by atomic mass is 32.2. The predicted octanol–water partition coefficient (Wildman–Crippen LogP) is 2.17. The fourth-order valence-electron chi connectivity index (χ4n) is 3.39. The zero-order valence-electron chi connectivity index (χ0n) is 14.6. The maximum Gasteiger partial charge on any atom is 0.243 e. The highest BCUT2D eigenvalue weighted by Gasteiger charge is 2.31. The molecule has 0 amide bonds. The third-order valence-electron chi connectivity index (χ3n) is 4.78. The van der Waals surface area contributed by atoms with E-state index in [1.807, 2.05) is 31.6 Å². The van der Waals surface area contributed by atoms with Gasteiger partial charge in [0.25, 0.3) is 0 Å². The summed E-state index contributed by atoms with van der Waals surface area (Å²) in [5.41, 5.74) is 1.79. The van der Waals surface area contributed by atoms with Crippen molar-refractivity contribution in [1.29, 1.82) is 0 Å². The maximum atomic E-state index is 13.0. The zero-order chi connectivity index (χ0) is 18.1. The van der Waals surface area contributed by atoms with E-state index in [1.165, 1.54) is 0 Å². The van der Waals surface area contributed by atoms with Gasteiger partial charge >= 0.3 is 0 Å². The van der Waals surface area contributed by atoms with Gasteiger partial charge in [-0.25, -0.2) is 13.1 Å². The Morgan fingerprint density at radius 3 is 2.58 bits per heavy atom. The first kappa shape index (κ1) is 17.0. The van der Waals surface area contributed by atoms with E-state index in [1.54, 1.807) is 44.1 Å².